The molecule has 8 nitrogen and oxygen atoms in total. The predicted octanol–water partition coefficient (Wildman–Crippen LogP) is 1.16. The number of benzene rings is 1. The zero-order valence-corrected chi connectivity index (χ0v) is 17.6. The molecule has 2 N–H and O–H groups in total. The van der Waals surface area contributed by atoms with E-state index in [1.807, 2.05) is 7.05 Å². The predicted molar refractivity (Wildman–Crippen MR) is 101 cm³/mol. The fourth-order valence-corrected chi connectivity index (χ4v) is 6.12. The van der Waals surface area contributed by atoms with Crippen LogP contribution in [0.2, 0.25) is 0 Å². The second kappa shape index (κ2) is 9.28. The zero-order valence-electron chi connectivity index (χ0n) is 16.7. The Bertz CT molecular complexity index is 851. The van der Waals surface area contributed by atoms with Gasteiger partial charge in [-0.3, -0.25) is 13.9 Å². The Morgan fingerprint density at radius 3 is 2.52 bits per heavy atom. The third-order valence-corrected chi connectivity index (χ3v) is 7.71. The Balaban J connectivity index is 1.89. The molecule has 3 rings (SSSR count). The summed E-state index contributed by atoms with van der Waals surface area (Å²) >= 11 is 0. The van der Waals surface area contributed by atoms with Crippen molar-refractivity contribution in [2.24, 2.45) is 5.92 Å². The molecule has 5 unspecified atom stereocenters. The molecule has 0 aromatic heterocycles. The molecule has 2 fully saturated rings. The van der Waals surface area contributed by atoms with Crippen LogP contribution in [-0.4, -0.2) is 61.7 Å². The van der Waals surface area contributed by atoms with Crippen LogP contribution in [0.25, 0.3) is 0 Å². The lowest BCUT2D eigenvalue weighted by molar-refractivity contribution is -0.926. The van der Waals surface area contributed by atoms with Crippen LogP contribution in [0.3, 0.4) is 0 Å². The molecule has 0 saturated carbocycles. The number of carboxylic acid groups (broad SMARTS) is 1. The number of carbonyl (C=O) groups is 2. The normalized spacial score (nSPS) is 29.9. The molecule has 0 aliphatic carbocycles. The minimum Gasteiger partial charge on any atom is -0.479 e. The number of ether oxygens (including phenoxy) is 1. The van der Waals surface area contributed by atoms with Gasteiger partial charge >= 0.3 is 25.7 Å². The Labute approximate surface area is 176 Å². The molecule has 2 heterocycles. The molecule has 0 radical (unpaired) electrons. The number of nitrogens with one attached hydrogen (secondary N) is 1. The van der Waals surface area contributed by atoms with E-state index in [4.69, 9.17) is 18.9 Å². The third kappa shape index (κ3) is 5.65. The molecule has 2 aliphatic heterocycles. The van der Waals surface area contributed by atoms with Gasteiger partial charge in [0.1, 0.15) is 12.0 Å². The molecular weight excluding hydrogens is 442 g/mol. The van der Waals surface area contributed by atoms with E-state index in [2.05, 4.69) is 0 Å². The number of fused-ring (bicyclic) bond motifs is 2. The van der Waals surface area contributed by atoms with E-state index in [1.54, 1.807) is 6.07 Å². The van der Waals surface area contributed by atoms with Crippen molar-refractivity contribution in [2.45, 2.75) is 43.6 Å². The SMILES string of the molecule is C[NH+]1C2CCC1[C@@H](C(=O)OCC(=O)O)C(OP(=O)(OCC(F)(F)F)c1ccccc1)C2. The van der Waals surface area contributed by atoms with Crippen LogP contribution in [-0.2, 0) is 27.9 Å². The molecule has 2 saturated heterocycles. The molecule has 31 heavy (non-hydrogen) atoms. The standard InChI is InChI=1S/C19H23F3NO7P/c1-23-12-7-8-14(23)17(18(26)28-10-16(24)25)15(9-12)30-31(27,29-11-19(20,21)22)13-5-3-2-4-6-13/h2-6,12,14-15,17H,7-11H2,1H3,(H,24,25)/p+1/t12?,14?,15?,17-,31?/m1/s1. The number of carboxylic acids is 1. The van der Waals surface area contributed by atoms with Gasteiger partial charge in [-0.05, 0) is 12.1 Å². The lowest BCUT2D eigenvalue weighted by atomic mass is 9.88. The molecular formula is C19H24F3NO7P+. The Kier molecular flexibility index (Phi) is 7.10. The van der Waals surface area contributed by atoms with Gasteiger partial charge in [-0.2, -0.15) is 13.2 Å². The van der Waals surface area contributed by atoms with E-state index in [0.29, 0.717) is 6.42 Å². The number of piperidine rings is 1. The van der Waals surface area contributed by atoms with Crippen molar-refractivity contribution in [3.8, 4) is 0 Å². The van der Waals surface area contributed by atoms with Gasteiger partial charge in [-0.1, -0.05) is 18.2 Å². The average molecular weight is 466 g/mol. The van der Waals surface area contributed by atoms with E-state index in [1.165, 1.54) is 24.3 Å². The highest BCUT2D eigenvalue weighted by Crippen LogP contribution is 2.51. The lowest BCUT2D eigenvalue weighted by Gasteiger charge is -2.39. The van der Waals surface area contributed by atoms with Crippen LogP contribution in [0.4, 0.5) is 13.2 Å². The summed E-state index contributed by atoms with van der Waals surface area (Å²) in [4.78, 5) is 24.5. The molecule has 12 heteroatoms. The highest BCUT2D eigenvalue weighted by Gasteiger charge is 2.55. The molecule has 1 aromatic rings. The van der Waals surface area contributed by atoms with Gasteiger partial charge in [0.15, 0.2) is 13.2 Å². The lowest BCUT2D eigenvalue weighted by Crippen LogP contribution is -3.16. The van der Waals surface area contributed by atoms with E-state index in [-0.39, 0.29) is 23.8 Å². The number of hydrogen-bond donors (Lipinski definition) is 2. The third-order valence-electron chi connectivity index (χ3n) is 5.76. The minimum atomic E-state index is -4.73. The molecule has 0 spiro atoms. The van der Waals surface area contributed by atoms with Crippen molar-refractivity contribution < 1.29 is 51.1 Å². The summed E-state index contributed by atoms with van der Waals surface area (Å²) in [6, 6.07) is 7.02. The smallest absolute Gasteiger partial charge is 0.412 e. The fraction of sp³-hybridized carbons (Fsp3) is 0.579. The topological polar surface area (TPSA) is 104 Å². The van der Waals surface area contributed by atoms with Crippen LogP contribution in [0, 0.1) is 5.92 Å². The van der Waals surface area contributed by atoms with Crippen molar-refractivity contribution >= 4 is 24.8 Å². The summed E-state index contributed by atoms with van der Waals surface area (Å²) in [7, 11) is -2.57. The number of alkyl halides is 3. The Morgan fingerprint density at radius 2 is 1.90 bits per heavy atom. The van der Waals surface area contributed by atoms with Crippen molar-refractivity contribution in [1.82, 2.24) is 0 Å². The van der Waals surface area contributed by atoms with Gasteiger partial charge in [0.2, 0.25) is 0 Å². The second-order valence-electron chi connectivity index (χ2n) is 7.75. The molecule has 0 amide bonds. The number of hydrogen-bond acceptors (Lipinski definition) is 6. The second-order valence-corrected chi connectivity index (χ2v) is 9.73. The molecule has 6 atom stereocenters. The van der Waals surface area contributed by atoms with Gasteiger partial charge < -0.3 is 19.3 Å². The van der Waals surface area contributed by atoms with Crippen LogP contribution in [0.1, 0.15) is 19.3 Å². The molecule has 172 valence electrons. The number of esters is 1. The number of quaternary nitrogens is 1. The summed E-state index contributed by atoms with van der Waals surface area (Å²) in [5.74, 6) is -3.16. The van der Waals surface area contributed by atoms with E-state index >= 15 is 0 Å². The van der Waals surface area contributed by atoms with Crippen LogP contribution in [0.15, 0.2) is 30.3 Å². The summed E-state index contributed by atoms with van der Waals surface area (Å²) in [6.45, 7) is -2.63. The average Bonchev–Trinajstić information content (AvgIpc) is 2.94. The summed E-state index contributed by atoms with van der Waals surface area (Å²) in [6.07, 6.45) is -4.15. The van der Waals surface area contributed by atoms with Gasteiger partial charge in [-0.15, -0.1) is 0 Å². The largest absolute Gasteiger partial charge is 0.479 e. The number of carbonyl (C=O) groups excluding carboxylic acids is 1. The maximum atomic E-state index is 13.5. The van der Waals surface area contributed by atoms with Gasteiger partial charge in [-0.25, -0.2) is 4.79 Å². The highest BCUT2D eigenvalue weighted by molar-refractivity contribution is 7.62. The van der Waals surface area contributed by atoms with Crippen molar-refractivity contribution in [2.75, 3.05) is 20.3 Å². The first-order chi connectivity index (χ1) is 14.5. The van der Waals surface area contributed by atoms with E-state index < -0.39 is 50.9 Å². The first-order valence-electron chi connectivity index (χ1n) is 9.77. The quantitative estimate of drug-likeness (QED) is 0.438. The summed E-state index contributed by atoms with van der Waals surface area (Å²) in [5.41, 5.74) is 0. The monoisotopic (exact) mass is 466 g/mol. The summed E-state index contributed by atoms with van der Waals surface area (Å²) in [5, 5.41) is 8.75. The number of aliphatic carboxylic acids is 1. The first kappa shape index (κ1) is 23.7. The number of rotatable bonds is 8. The zero-order chi connectivity index (χ0) is 22.8. The van der Waals surface area contributed by atoms with Crippen molar-refractivity contribution in [3.05, 3.63) is 30.3 Å². The van der Waals surface area contributed by atoms with Gasteiger partial charge in [0, 0.05) is 19.3 Å². The molecule has 2 bridgehead atoms. The molecule has 2 aliphatic rings. The van der Waals surface area contributed by atoms with Crippen molar-refractivity contribution in [1.29, 1.82) is 0 Å². The highest BCUT2D eigenvalue weighted by atomic mass is 31.2. The minimum absolute atomic E-state index is 0.0597. The van der Waals surface area contributed by atoms with E-state index in [0.717, 1.165) is 11.3 Å². The van der Waals surface area contributed by atoms with Crippen LogP contribution >= 0.6 is 7.60 Å². The first-order valence-corrected chi connectivity index (χ1v) is 11.3. The van der Waals surface area contributed by atoms with Crippen LogP contribution in [0.5, 0.6) is 0 Å². The van der Waals surface area contributed by atoms with Crippen molar-refractivity contribution in [3.63, 3.8) is 0 Å². The van der Waals surface area contributed by atoms with Gasteiger partial charge in [0.25, 0.3) is 0 Å². The van der Waals surface area contributed by atoms with E-state index in [9.17, 15) is 27.3 Å². The Morgan fingerprint density at radius 1 is 1.23 bits per heavy atom. The fourth-order valence-electron chi connectivity index (χ4n) is 4.36. The van der Waals surface area contributed by atoms with Crippen LogP contribution < -0.4 is 10.2 Å². The van der Waals surface area contributed by atoms with Gasteiger partial charge in [0.05, 0.1) is 24.5 Å². The summed E-state index contributed by atoms with van der Waals surface area (Å²) < 4.78 is 67.3. The maximum absolute atomic E-state index is 13.5. The maximum Gasteiger partial charge on any atom is 0.412 e. The Hall–Kier alpha value is -1.94. The number of halogens is 3. The molecule has 1 aromatic carbocycles.